The van der Waals surface area contributed by atoms with Gasteiger partial charge in [0.05, 0.1) is 17.4 Å². The maximum absolute atomic E-state index is 12.2. The molecule has 138 valence electrons. The van der Waals surface area contributed by atoms with Gasteiger partial charge in [0.1, 0.15) is 0 Å². The quantitative estimate of drug-likeness (QED) is 0.707. The highest BCUT2D eigenvalue weighted by molar-refractivity contribution is 9.10. The van der Waals surface area contributed by atoms with Gasteiger partial charge in [-0.1, -0.05) is 35.2 Å². The van der Waals surface area contributed by atoms with Crippen LogP contribution in [-0.2, 0) is 4.79 Å². The van der Waals surface area contributed by atoms with E-state index in [0.29, 0.717) is 18.7 Å². The number of rotatable bonds is 6. The van der Waals surface area contributed by atoms with Crippen molar-refractivity contribution in [2.24, 2.45) is 5.92 Å². The fourth-order valence-corrected chi connectivity index (χ4v) is 3.41. The average molecular weight is 419 g/mol. The number of nitrogens with one attached hydrogen (secondary N) is 2. The Morgan fingerprint density at radius 2 is 1.77 bits per heavy atom. The molecule has 1 aliphatic rings. The number of hydrogen-bond donors (Lipinski definition) is 2. The van der Waals surface area contributed by atoms with Crippen molar-refractivity contribution in [3.63, 3.8) is 0 Å². The van der Waals surface area contributed by atoms with Crippen LogP contribution in [0.3, 0.4) is 0 Å². The minimum Gasteiger partial charge on any atom is -0.354 e. The Hall–Kier alpha value is -2.15. The molecular weight excluding hydrogens is 396 g/mol. The second-order valence-corrected chi connectivity index (χ2v) is 7.45. The van der Waals surface area contributed by atoms with E-state index in [1.807, 2.05) is 24.3 Å². The lowest BCUT2D eigenvalue weighted by Gasteiger charge is -2.20. The number of hydrogen-bond acceptors (Lipinski definition) is 3. The number of amides is 2. The lowest BCUT2D eigenvalue weighted by Crippen LogP contribution is -2.38. The summed E-state index contributed by atoms with van der Waals surface area (Å²) in [7, 11) is 0. The molecule has 3 rings (SSSR count). The average Bonchev–Trinajstić information content (AvgIpc) is 3.16. The smallest absolute Gasteiger partial charge is 0.254 e. The van der Waals surface area contributed by atoms with Gasteiger partial charge >= 0.3 is 0 Å². The fraction of sp³-hybridized carbons (Fsp3) is 0.421. The molecule has 0 radical (unpaired) electrons. The molecule has 0 aliphatic heterocycles. The van der Waals surface area contributed by atoms with E-state index in [2.05, 4.69) is 31.7 Å². The second kappa shape index (κ2) is 8.98. The third-order valence-corrected chi connectivity index (χ3v) is 5.15. The second-order valence-electron chi connectivity index (χ2n) is 6.53. The van der Waals surface area contributed by atoms with Gasteiger partial charge in [0.15, 0.2) is 0 Å². The lowest BCUT2D eigenvalue weighted by molar-refractivity contribution is -0.125. The summed E-state index contributed by atoms with van der Waals surface area (Å²) in [5.41, 5.74) is 1.37. The Morgan fingerprint density at radius 3 is 2.50 bits per heavy atom. The number of aromatic nitrogens is 2. The largest absolute Gasteiger partial charge is 0.354 e. The summed E-state index contributed by atoms with van der Waals surface area (Å²) in [6, 6.07) is 7.68. The van der Waals surface area contributed by atoms with Crippen LogP contribution in [0.5, 0.6) is 0 Å². The summed E-state index contributed by atoms with van der Waals surface area (Å²) >= 11 is 3.39. The number of carbonyl (C=O) groups is 2. The van der Waals surface area contributed by atoms with Crippen LogP contribution in [0.1, 0.15) is 42.5 Å². The summed E-state index contributed by atoms with van der Waals surface area (Å²) in [5, 5.41) is 9.96. The third kappa shape index (κ3) is 4.94. The zero-order valence-electron chi connectivity index (χ0n) is 14.6. The third-order valence-electron chi connectivity index (χ3n) is 4.62. The van der Waals surface area contributed by atoms with Crippen LogP contribution in [0.25, 0.3) is 5.69 Å². The summed E-state index contributed by atoms with van der Waals surface area (Å²) in [6.45, 7) is 0.850. The van der Waals surface area contributed by atoms with E-state index in [-0.39, 0.29) is 17.7 Å². The van der Waals surface area contributed by atoms with Gasteiger partial charge in [-0.3, -0.25) is 9.59 Å². The Bertz CT molecular complexity index is 751. The zero-order chi connectivity index (χ0) is 18.4. The number of nitrogens with zero attached hydrogens (tertiary/aromatic N) is 2. The van der Waals surface area contributed by atoms with E-state index in [4.69, 9.17) is 0 Å². The van der Waals surface area contributed by atoms with Crippen molar-refractivity contribution < 1.29 is 9.59 Å². The van der Waals surface area contributed by atoms with Crippen LogP contribution >= 0.6 is 15.9 Å². The predicted octanol–water partition coefficient (Wildman–Crippen LogP) is 3.06. The maximum Gasteiger partial charge on any atom is 0.254 e. The van der Waals surface area contributed by atoms with Crippen LogP contribution in [0.15, 0.2) is 41.1 Å². The molecule has 1 heterocycles. The minimum absolute atomic E-state index is 0.113. The molecule has 7 heteroatoms. The van der Waals surface area contributed by atoms with E-state index in [1.54, 1.807) is 10.9 Å². The van der Waals surface area contributed by atoms with Crippen LogP contribution in [-0.4, -0.2) is 34.7 Å². The molecule has 0 atom stereocenters. The van der Waals surface area contributed by atoms with Crippen molar-refractivity contribution in [3.8, 4) is 5.69 Å². The van der Waals surface area contributed by atoms with Gasteiger partial charge in [-0.05, 0) is 37.1 Å². The summed E-state index contributed by atoms with van der Waals surface area (Å²) in [6.07, 6.45) is 8.69. The van der Waals surface area contributed by atoms with Crippen LogP contribution < -0.4 is 10.6 Å². The highest BCUT2D eigenvalue weighted by Crippen LogP contribution is 2.23. The first-order chi connectivity index (χ1) is 12.6. The molecule has 1 aliphatic carbocycles. The molecule has 1 aromatic carbocycles. The van der Waals surface area contributed by atoms with Gasteiger partial charge in [0.25, 0.3) is 5.91 Å². The molecule has 2 N–H and O–H groups in total. The molecule has 1 fully saturated rings. The SMILES string of the molecule is O=C(NCCNC(=O)C1CCCCC1)c1cnn(-c2ccc(Br)cc2)c1. The highest BCUT2D eigenvalue weighted by atomic mass is 79.9. The summed E-state index contributed by atoms with van der Waals surface area (Å²) in [5.74, 6) is 0.0610. The van der Waals surface area contributed by atoms with Crippen molar-refractivity contribution in [3.05, 3.63) is 46.7 Å². The molecule has 6 nitrogen and oxygen atoms in total. The highest BCUT2D eigenvalue weighted by Gasteiger charge is 2.20. The molecule has 26 heavy (non-hydrogen) atoms. The Labute approximate surface area is 161 Å². The van der Waals surface area contributed by atoms with Gasteiger partial charge in [0, 0.05) is 29.7 Å². The molecule has 0 unspecified atom stereocenters. The van der Waals surface area contributed by atoms with Gasteiger partial charge in [-0.25, -0.2) is 4.68 Å². The molecular formula is C19H23BrN4O2. The molecule has 0 spiro atoms. The van der Waals surface area contributed by atoms with Crippen molar-refractivity contribution in [2.75, 3.05) is 13.1 Å². The molecule has 0 saturated heterocycles. The van der Waals surface area contributed by atoms with Crippen molar-refractivity contribution in [1.82, 2.24) is 20.4 Å². The molecule has 2 amide bonds. The van der Waals surface area contributed by atoms with Crippen LogP contribution in [0.4, 0.5) is 0 Å². The standard InChI is InChI=1S/C19H23BrN4O2/c20-16-6-8-17(9-7-16)24-13-15(12-23-24)19(26)22-11-10-21-18(25)14-4-2-1-3-5-14/h6-9,12-14H,1-5,10-11H2,(H,21,25)(H,22,26). The Morgan fingerprint density at radius 1 is 1.08 bits per heavy atom. The van der Waals surface area contributed by atoms with Gasteiger partial charge < -0.3 is 10.6 Å². The fourth-order valence-electron chi connectivity index (χ4n) is 3.15. The topological polar surface area (TPSA) is 76.0 Å². The predicted molar refractivity (Wildman–Crippen MR) is 103 cm³/mol. The minimum atomic E-state index is -0.194. The van der Waals surface area contributed by atoms with Gasteiger partial charge in [-0.15, -0.1) is 0 Å². The number of carbonyl (C=O) groups excluding carboxylic acids is 2. The monoisotopic (exact) mass is 418 g/mol. The first-order valence-electron chi connectivity index (χ1n) is 9.00. The number of halogens is 1. The summed E-state index contributed by atoms with van der Waals surface area (Å²) in [4.78, 5) is 24.3. The van der Waals surface area contributed by atoms with E-state index in [9.17, 15) is 9.59 Å². The summed E-state index contributed by atoms with van der Waals surface area (Å²) < 4.78 is 2.65. The van der Waals surface area contributed by atoms with Crippen molar-refractivity contribution in [2.45, 2.75) is 32.1 Å². The van der Waals surface area contributed by atoms with Crippen LogP contribution in [0, 0.1) is 5.92 Å². The van der Waals surface area contributed by atoms with E-state index in [1.165, 1.54) is 12.6 Å². The van der Waals surface area contributed by atoms with Crippen molar-refractivity contribution in [1.29, 1.82) is 0 Å². The Balaban J connectivity index is 1.43. The maximum atomic E-state index is 12.2. The normalized spacial score (nSPS) is 14.8. The van der Waals surface area contributed by atoms with Gasteiger partial charge in [0.2, 0.25) is 5.91 Å². The van der Waals surface area contributed by atoms with Crippen LogP contribution in [0.2, 0.25) is 0 Å². The molecule has 1 saturated carbocycles. The zero-order valence-corrected chi connectivity index (χ0v) is 16.2. The molecule has 0 bridgehead atoms. The molecule has 1 aromatic heterocycles. The first kappa shape index (κ1) is 18.6. The number of benzene rings is 1. The van der Waals surface area contributed by atoms with E-state index in [0.717, 1.165) is 35.8 Å². The van der Waals surface area contributed by atoms with E-state index < -0.39 is 0 Å². The molecule has 2 aromatic rings. The van der Waals surface area contributed by atoms with Gasteiger partial charge in [-0.2, -0.15) is 5.10 Å². The van der Waals surface area contributed by atoms with E-state index >= 15 is 0 Å². The lowest BCUT2D eigenvalue weighted by atomic mass is 9.89. The Kier molecular flexibility index (Phi) is 6.44. The van der Waals surface area contributed by atoms with Crippen molar-refractivity contribution >= 4 is 27.7 Å². The first-order valence-corrected chi connectivity index (χ1v) is 9.79.